The minimum atomic E-state index is -0.559. The molecule has 3 aromatic rings. The van der Waals surface area contributed by atoms with E-state index in [1.54, 1.807) is 6.07 Å². The van der Waals surface area contributed by atoms with Gasteiger partial charge in [0.15, 0.2) is 11.6 Å². The van der Waals surface area contributed by atoms with Crippen molar-refractivity contribution < 1.29 is 13.3 Å². The summed E-state index contributed by atoms with van der Waals surface area (Å²) >= 11 is 0. The maximum Gasteiger partial charge on any atom is 0.164 e. The van der Waals surface area contributed by atoms with Crippen LogP contribution in [-0.2, 0) is 13.6 Å². The van der Waals surface area contributed by atoms with E-state index < -0.39 is 11.6 Å². The van der Waals surface area contributed by atoms with Crippen LogP contribution < -0.4 is 0 Å². The smallest absolute Gasteiger partial charge is 0.164 e. The molecule has 0 saturated carbocycles. The highest BCUT2D eigenvalue weighted by molar-refractivity contribution is 5.68. The Hall–Kier alpha value is -3.88. The van der Waals surface area contributed by atoms with E-state index in [1.807, 2.05) is 48.6 Å². The van der Waals surface area contributed by atoms with Gasteiger partial charge in [-0.1, -0.05) is 5.16 Å². The predicted octanol–water partition coefficient (Wildman–Crippen LogP) is 4.38. The van der Waals surface area contributed by atoms with Crippen LogP contribution in [0.15, 0.2) is 47.2 Å². The van der Waals surface area contributed by atoms with Crippen LogP contribution in [0, 0.1) is 25.5 Å². The van der Waals surface area contributed by atoms with Crippen LogP contribution in [0.25, 0.3) is 34.0 Å². The third kappa shape index (κ3) is 3.37. The van der Waals surface area contributed by atoms with Crippen molar-refractivity contribution in [3.63, 3.8) is 0 Å². The molecule has 0 N–H and O–H groups in total. The van der Waals surface area contributed by atoms with Crippen molar-refractivity contribution in [3.05, 3.63) is 71.5 Å². The zero-order valence-corrected chi connectivity index (χ0v) is 17.1. The van der Waals surface area contributed by atoms with Gasteiger partial charge in [-0.3, -0.25) is 4.68 Å². The highest BCUT2D eigenvalue weighted by Gasteiger charge is 2.19. The lowest BCUT2D eigenvalue weighted by Crippen LogP contribution is -1.99. The third-order valence-corrected chi connectivity index (χ3v) is 5.26. The predicted molar refractivity (Wildman–Crippen MR) is 109 cm³/mol. The number of hydrogen-bond donors (Lipinski definition) is 0. The SMILES string of the molecule is Cc1nn(C)c(C)c1-c1nc2ccn(Cc3cc(-c4cc(F)ccc4F)no3)cc-2n1. The summed E-state index contributed by atoms with van der Waals surface area (Å²) in [6.07, 6.45) is 3.71. The van der Waals surface area contributed by atoms with Crippen molar-refractivity contribution in [2.45, 2.75) is 20.4 Å². The second-order valence-electron chi connectivity index (χ2n) is 7.41. The Labute approximate surface area is 176 Å². The molecular weight excluding hydrogens is 402 g/mol. The average molecular weight is 420 g/mol. The van der Waals surface area contributed by atoms with E-state index in [0.717, 1.165) is 46.5 Å². The Bertz CT molecular complexity index is 1380. The fraction of sp³-hybridized carbons (Fsp3) is 0.182. The van der Waals surface area contributed by atoms with Gasteiger partial charge in [0.05, 0.1) is 23.5 Å². The highest BCUT2D eigenvalue weighted by Crippen LogP contribution is 2.29. The molecule has 0 amide bonds. The van der Waals surface area contributed by atoms with Crippen molar-refractivity contribution in [2.75, 3.05) is 0 Å². The summed E-state index contributed by atoms with van der Waals surface area (Å²) in [4.78, 5) is 9.31. The first-order valence-corrected chi connectivity index (χ1v) is 9.64. The lowest BCUT2D eigenvalue weighted by atomic mass is 10.1. The van der Waals surface area contributed by atoms with E-state index in [-0.39, 0.29) is 11.3 Å². The second-order valence-corrected chi connectivity index (χ2v) is 7.41. The van der Waals surface area contributed by atoms with Gasteiger partial charge in [0.2, 0.25) is 0 Å². The number of halogens is 2. The van der Waals surface area contributed by atoms with Crippen molar-refractivity contribution in [1.29, 1.82) is 0 Å². The molecule has 0 unspecified atom stereocenters. The van der Waals surface area contributed by atoms with Gasteiger partial charge < -0.3 is 9.09 Å². The Kier molecular flexibility index (Phi) is 4.39. The number of fused-ring (bicyclic) bond motifs is 1. The molecule has 156 valence electrons. The van der Waals surface area contributed by atoms with Gasteiger partial charge >= 0.3 is 0 Å². The topological polar surface area (TPSA) is 74.6 Å². The summed E-state index contributed by atoms with van der Waals surface area (Å²) in [5, 5.41) is 8.31. The van der Waals surface area contributed by atoms with Crippen LogP contribution >= 0.6 is 0 Å². The summed E-state index contributed by atoms with van der Waals surface area (Å²) < 4.78 is 36.5. The number of aromatic nitrogens is 6. The zero-order valence-electron chi connectivity index (χ0n) is 17.1. The standard InChI is InChI=1S/C22H18F2N6O/c1-12-21(13(2)29(3)27-12)22-25-18-6-7-30(11-20(18)26-22)10-15-9-19(28-31-15)16-8-14(23)4-5-17(16)24/h4-9,11H,10H2,1-3H3. The van der Waals surface area contributed by atoms with E-state index in [1.165, 1.54) is 0 Å². The molecule has 0 aliphatic carbocycles. The van der Waals surface area contributed by atoms with E-state index in [4.69, 9.17) is 4.52 Å². The van der Waals surface area contributed by atoms with Crippen molar-refractivity contribution in [3.8, 4) is 34.0 Å². The zero-order chi connectivity index (χ0) is 21.7. The van der Waals surface area contributed by atoms with Crippen molar-refractivity contribution in [1.82, 2.24) is 29.5 Å². The Morgan fingerprint density at radius 1 is 1.00 bits per heavy atom. The number of imidazole rings is 1. The molecule has 0 fully saturated rings. The van der Waals surface area contributed by atoms with Crippen LogP contribution in [0.2, 0.25) is 0 Å². The first-order valence-electron chi connectivity index (χ1n) is 9.64. The van der Waals surface area contributed by atoms with Crippen LogP contribution in [0.3, 0.4) is 0 Å². The molecular formula is C22H18F2N6O. The van der Waals surface area contributed by atoms with Gasteiger partial charge in [-0.25, -0.2) is 18.7 Å². The second kappa shape index (κ2) is 7.12. The molecule has 4 heterocycles. The molecule has 31 heavy (non-hydrogen) atoms. The molecule has 0 spiro atoms. The van der Waals surface area contributed by atoms with E-state index >= 15 is 0 Å². The number of rotatable bonds is 4. The van der Waals surface area contributed by atoms with Crippen molar-refractivity contribution >= 4 is 0 Å². The van der Waals surface area contributed by atoms with Gasteiger partial charge in [-0.05, 0) is 38.1 Å². The lowest BCUT2D eigenvalue weighted by molar-refractivity contribution is 0.378. The average Bonchev–Trinajstić information content (AvgIpc) is 3.42. The van der Waals surface area contributed by atoms with Gasteiger partial charge in [0, 0.05) is 36.8 Å². The van der Waals surface area contributed by atoms with E-state index in [0.29, 0.717) is 18.1 Å². The van der Waals surface area contributed by atoms with E-state index in [2.05, 4.69) is 20.2 Å². The number of benzene rings is 1. The summed E-state index contributed by atoms with van der Waals surface area (Å²) in [6.45, 7) is 4.28. The summed E-state index contributed by atoms with van der Waals surface area (Å²) in [6, 6.07) is 6.70. The van der Waals surface area contributed by atoms with Gasteiger partial charge in [0.25, 0.3) is 0 Å². The molecule has 0 radical (unpaired) electrons. The monoisotopic (exact) mass is 420 g/mol. The van der Waals surface area contributed by atoms with Crippen LogP contribution in [0.1, 0.15) is 17.1 Å². The molecule has 2 aromatic heterocycles. The van der Waals surface area contributed by atoms with Crippen molar-refractivity contribution in [2.24, 2.45) is 7.05 Å². The number of nitrogens with zero attached hydrogens (tertiary/aromatic N) is 6. The molecule has 0 atom stereocenters. The number of hydrogen-bond acceptors (Lipinski definition) is 5. The maximum absolute atomic E-state index is 14.0. The Morgan fingerprint density at radius 3 is 2.58 bits per heavy atom. The molecule has 0 saturated heterocycles. The van der Waals surface area contributed by atoms with Gasteiger partial charge in [0.1, 0.15) is 23.0 Å². The van der Waals surface area contributed by atoms with Gasteiger partial charge in [-0.2, -0.15) is 5.10 Å². The summed E-state index contributed by atoms with van der Waals surface area (Å²) in [7, 11) is 1.89. The fourth-order valence-corrected chi connectivity index (χ4v) is 3.65. The fourth-order valence-electron chi connectivity index (χ4n) is 3.65. The molecule has 0 bridgehead atoms. The lowest BCUT2D eigenvalue weighted by Gasteiger charge is -2.04. The molecule has 9 heteroatoms. The molecule has 1 aromatic carbocycles. The third-order valence-electron chi connectivity index (χ3n) is 5.26. The first-order chi connectivity index (χ1) is 14.9. The largest absolute Gasteiger partial charge is 0.359 e. The van der Waals surface area contributed by atoms with E-state index in [9.17, 15) is 8.78 Å². The minimum absolute atomic E-state index is 0.0594. The maximum atomic E-state index is 14.0. The Morgan fingerprint density at radius 2 is 1.81 bits per heavy atom. The minimum Gasteiger partial charge on any atom is -0.359 e. The number of pyridine rings is 1. The molecule has 7 nitrogen and oxygen atoms in total. The molecule has 2 aliphatic rings. The summed E-state index contributed by atoms with van der Waals surface area (Å²) in [5.74, 6) is 0.0439. The normalized spacial score (nSPS) is 11.5. The Balaban J connectivity index is 1.44. The summed E-state index contributed by atoms with van der Waals surface area (Å²) in [5.41, 5.74) is 4.62. The van der Waals surface area contributed by atoms with Crippen LogP contribution in [0.4, 0.5) is 8.78 Å². The quantitative estimate of drug-likeness (QED) is 0.431. The highest BCUT2D eigenvalue weighted by atomic mass is 19.1. The molecule has 5 rings (SSSR count). The van der Waals surface area contributed by atoms with Crippen LogP contribution in [-0.4, -0.2) is 29.5 Å². The first kappa shape index (κ1) is 19.1. The number of aryl methyl sites for hydroxylation is 2. The van der Waals surface area contributed by atoms with Crippen LogP contribution in [0.5, 0.6) is 0 Å². The van der Waals surface area contributed by atoms with Gasteiger partial charge in [-0.15, -0.1) is 0 Å². The molecule has 2 aliphatic heterocycles.